The van der Waals surface area contributed by atoms with E-state index in [9.17, 15) is 30.4 Å². The van der Waals surface area contributed by atoms with Crippen molar-refractivity contribution in [2.75, 3.05) is 13.1 Å². The molecule has 0 rings (SSSR count). The first-order chi connectivity index (χ1) is 6.52. The average molecular weight is 255 g/mol. The van der Waals surface area contributed by atoms with Gasteiger partial charge in [-0.05, 0) is 0 Å². The fourth-order valence-corrected chi connectivity index (χ4v) is 2.17. The minimum absolute atomic E-state index is 0.0699. The first-order valence-corrected chi connectivity index (χ1v) is 5.40. The van der Waals surface area contributed by atoms with Crippen molar-refractivity contribution < 1.29 is 30.4 Å². The van der Waals surface area contributed by atoms with Gasteiger partial charge in [-0.25, -0.2) is 8.42 Å². The van der Waals surface area contributed by atoms with Crippen LogP contribution >= 0.6 is 0 Å². The third-order valence-corrected chi connectivity index (χ3v) is 3.77. The molecule has 0 aromatic heterocycles. The van der Waals surface area contributed by atoms with Crippen LogP contribution in [-0.2, 0) is 10.0 Å². The zero-order chi connectivity index (χ0) is 12.5. The van der Waals surface area contributed by atoms with Crippen LogP contribution in [0.3, 0.4) is 0 Å². The van der Waals surface area contributed by atoms with Gasteiger partial charge in [-0.1, -0.05) is 13.8 Å². The van der Waals surface area contributed by atoms with E-state index in [-0.39, 0.29) is 4.31 Å². The molecule has 0 aliphatic heterocycles. The van der Waals surface area contributed by atoms with Crippen molar-refractivity contribution >= 4 is 10.0 Å². The van der Waals surface area contributed by atoms with Gasteiger partial charge in [-0.2, -0.15) is 26.3 Å². The van der Waals surface area contributed by atoms with E-state index in [1.54, 1.807) is 0 Å². The van der Waals surface area contributed by atoms with Crippen LogP contribution in [0.25, 0.3) is 0 Å². The molecule has 0 amide bonds. The molecule has 15 heavy (non-hydrogen) atoms. The highest BCUT2D eigenvalue weighted by atomic mass is 32.2. The first kappa shape index (κ1) is 14.6. The van der Waals surface area contributed by atoms with Gasteiger partial charge < -0.3 is 0 Å². The van der Waals surface area contributed by atoms with E-state index in [1.807, 2.05) is 0 Å². The molecule has 0 saturated carbocycles. The van der Waals surface area contributed by atoms with Crippen molar-refractivity contribution in [2.24, 2.45) is 0 Å². The molecule has 0 N–H and O–H groups in total. The van der Waals surface area contributed by atoms with E-state index < -0.39 is 34.5 Å². The second kappa shape index (κ2) is 4.20. The van der Waals surface area contributed by atoms with E-state index >= 15 is 0 Å². The van der Waals surface area contributed by atoms with Crippen molar-refractivity contribution in [1.82, 2.24) is 4.31 Å². The highest BCUT2D eigenvalue weighted by Crippen LogP contribution is 2.41. The summed E-state index contributed by atoms with van der Waals surface area (Å²) in [5, 5.41) is -5.74. The highest BCUT2D eigenvalue weighted by Gasteiger charge is 2.68. The number of sulfonamides is 1. The number of alkyl halides is 5. The third-order valence-electron chi connectivity index (χ3n) is 1.70. The molecule has 0 bridgehead atoms. The zero-order valence-corrected chi connectivity index (χ0v) is 8.79. The Balaban J connectivity index is 5.38. The Morgan fingerprint density at radius 1 is 1.00 bits per heavy atom. The smallest absolute Gasteiger partial charge is 0.205 e. The Hall–Kier alpha value is -0.440. The summed E-state index contributed by atoms with van der Waals surface area (Å²) in [4.78, 5) is 0. The van der Waals surface area contributed by atoms with Gasteiger partial charge in [-0.15, -0.1) is 0 Å². The van der Waals surface area contributed by atoms with E-state index in [0.29, 0.717) is 0 Å². The number of hydrogen-bond acceptors (Lipinski definition) is 2. The van der Waals surface area contributed by atoms with Gasteiger partial charge >= 0.3 is 11.4 Å². The van der Waals surface area contributed by atoms with Crippen molar-refractivity contribution in [1.29, 1.82) is 0 Å². The summed E-state index contributed by atoms with van der Waals surface area (Å²) < 4.78 is 82.5. The van der Waals surface area contributed by atoms with Gasteiger partial charge in [0.05, 0.1) is 0 Å². The SMILES string of the molecule is CCN(CC)S(=O)(=O)C(F)(F)C(F)(F)F. The molecule has 0 fully saturated rings. The van der Waals surface area contributed by atoms with Gasteiger partial charge in [0.15, 0.2) is 0 Å². The molecule has 0 atom stereocenters. The van der Waals surface area contributed by atoms with E-state index in [2.05, 4.69) is 0 Å². The van der Waals surface area contributed by atoms with Crippen LogP contribution in [0.4, 0.5) is 22.0 Å². The summed E-state index contributed by atoms with van der Waals surface area (Å²) in [6.07, 6.45) is -6.10. The highest BCUT2D eigenvalue weighted by molar-refractivity contribution is 7.90. The topological polar surface area (TPSA) is 37.4 Å². The maximum atomic E-state index is 12.6. The minimum Gasteiger partial charge on any atom is -0.205 e. The quantitative estimate of drug-likeness (QED) is 0.718. The molecule has 0 aliphatic rings. The Bertz CT molecular complexity index is 306. The predicted molar refractivity (Wildman–Crippen MR) is 42.8 cm³/mol. The number of halogens is 5. The molecule has 0 aliphatic carbocycles. The van der Waals surface area contributed by atoms with Gasteiger partial charge in [0.1, 0.15) is 0 Å². The molecule has 0 spiro atoms. The molecule has 3 nitrogen and oxygen atoms in total. The molecule has 0 radical (unpaired) electrons. The van der Waals surface area contributed by atoms with Crippen LogP contribution in [0, 0.1) is 0 Å². The van der Waals surface area contributed by atoms with Gasteiger partial charge in [-0.3, -0.25) is 0 Å². The monoisotopic (exact) mass is 255 g/mol. The largest absolute Gasteiger partial charge is 0.470 e. The first-order valence-electron chi connectivity index (χ1n) is 3.96. The van der Waals surface area contributed by atoms with E-state index in [4.69, 9.17) is 0 Å². The number of hydrogen-bond donors (Lipinski definition) is 0. The van der Waals surface area contributed by atoms with Gasteiger partial charge in [0, 0.05) is 13.1 Å². The lowest BCUT2D eigenvalue weighted by atomic mass is 10.7. The maximum Gasteiger partial charge on any atom is 0.470 e. The summed E-state index contributed by atoms with van der Waals surface area (Å²) >= 11 is 0. The summed E-state index contributed by atoms with van der Waals surface area (Å²) in [6.45, 7) is 1.47. The van der Waals surface area contributed by atoms with Crippen LogP contribution in [0.15, 0.2) is 0 Å². The molecule has 0 unspecified atom stereocenters. The maximum absolute atomic E-state index is 12.6. The summed E-state index contributed by atoms with van der Waals surface area (Å²) in [5.74, 6) is 0. The summed E-state index contributed by atoms with van der Waals surface area (Å²) in [5.41, 5.74) is 0. The lowest BCUT2D eigenvalue weighted by molar-refractivity contribution is -0.242. The molecule has 0 saturated heterocycles. The average Bonchev–Trinajstić information content (AvgIpc) is 2.03. The minimum atomic E-state index is -6.10. The molecule has 0 heterocycles. The van der Waals surface area contributed by atoms with Gasteiger partial charge in [0.25, 0.3) is 10.0 Å². The molecule has 9 heteroatoms. The third kappa shape index (κ3) is 2.39. The fraction of sp³-hybridized carbons (Fsp3) is 1.00. The van der Waals surface area contributed by atoms with E-state index in [1.165, 1.54) is 13.8 Å². The number of nitrogens with zero attached hydrogens (tertiary/aromatic N) is 1. The summed E-state index contributed by atoms with van der Waals surface area (Å²) in [6, 6.07) is 0. The van der Waals surface area contributed by atoms with Crippen molar-refractivity contribution in [2.45, 2.75) is 25.3 Å². The normalized spacial score (nSPS) is 14.7. The van der Waals surface area contributed by atoms with Crippen molar-refractivity contribution in [3.05, 3.63) is 0 Å². The second-order valence-electron chi connectivity index (χ2n) is 2.60. The molecule has 92 valence electrons. The van der Waals surface area contributed by atoms with Gasteiger partial charge in [0.2, 0.25) is 0 Å². The second-order valence-corrected chi connectivity index (χ2v) is 4.58. The van der Waals surface area contributed by atoms with Crippen LogP contribution in [0.1, 0.15) is 13.8 Å². The standard InChI is InChI=1S/C6H10F5NO2S/c1-3-12(4-2)15(13,14)6(10,11)5(7,8)9/h3-4H2,1-2H3. The lowest BCUT2D eigenvalue weighted by Crippen LogP contribution is -2.51. The van der Waals surface area contributed by atoms with Crippen molar-refractivity contribution in [3.63, 3.8) is 0 Å². The lowest BCUT2D eigenvalue weighted by Gasteiger charge is -2.26. The van der Waals surface area contributed by atoms with Crippen LogP contribution < -0.4 is 0 Å². The Morgan fingerprint density at radius 2 is 1.33 bits per heavy atom. The molecular formula is C6H10F5NO2S. The predicted octanol–water partition coefficient (Wildman–Crippen LogP) is 1.81. The van der Waals surface area contributed by atoms with Crippen LogP contribution in [-0.4, -0.2) is 37.2 Å². The van der Waals surface area contributed by atoms with E-state index in [0.717, 1.165) is 0 Å². The Kier molecular flexibility index (Phi) is 4.08. The van der Waals surface area contributed by atoms with Crippen LogP contribution in [0.5, 0.6) is 0 Å². The van der Waals surface area contributed by atoms with Crippen LogP contribution in [0.2, 0.25) is 0 Å². The number of rotatable bonds is 4. The Morgan fingerprint density at radius 3 is 1.53 bits per heavy atom. The molecular weight excluding hydrogens is 245 g/mol. The molecule has 0 aromatic rings. The zero-order valence-electron chi connectivity index (χ0n) is 7.98. The molecule has 0 aromatic carbocycles. The Labute approximate surface area is 83.9 Å². The summed E-state index contributed by atoms with van der Waals surface area (Å²) in [7, 11) is -5.68. The fourth-order valence-electron chi connectivity index (χ4n) is 0.872. The van der Waals surface area contributed by atoms with Crippen molar-refractivity contribution in [3.8, 4) is 0 Å².